The van der Waals surface area contributed by atoms with Crippen LogP contribution < -0.4 is 5.73 Å². The molecule has 0 bridgehead atoms. The van der Waals surface area contributed by atoms with Gasteiger partial charge in [-0.15, -0.1) is 0 Å². The lowest BCUT2D eigenvalue weighted by molar-refractivity contribution is 0.105. The molecule has 0 heterocycles. The molecule has 0 aromatic heterocycles. The van der Waals surface area contributed by atoms with Crippen LogP contribution in [-0.2, 0) is 18.0 Å². The van der Waals surface area contributed by atoms with Crippen molar-refractivity contribution in [2.24, 2.45) is 0 Å². The minimum Gasteiger partial charge on any atom is -0.398 e. The number of halogens is 2. The Hall–Kier alpha value is -1.39. The molecule has 2 N–H and O–H groups in total. The molecule has 0 radical (unpaired) electrons. The first-order valence-electron chi connectivity index (χ1n) is 5.52. The molecule has 94 valence electrons. The summed E-state index contributed by atoms with van der Waals surface area (Å²) in [6, 6.07) is 12.2. The second kappa shape index (κ2) is 5.98. The highest BCUT2D eigenvalue weighted by molar-refractivity contribution is 9.10. The summed E-state index contributed by atoms with van der Waals surface area (Å²) in [7, 11) is 0. The van der Waals surface area contributed by atoms with Gasteiger partial charge in [-0.2, -0.15) is 0 Å². The normalized spacial score (nSPS) is 10.6. The van der Waals surface area contributed by atoms with Gasteiger partial charge in [0.2, 0.25) is 0 Å². The van der Waals surface area contributed by atoms with Crippen LogP contribution in [0.3, 0.4) is 0 Å². The first-order chi connectivity index (χ1) is 8.66. The highest BCUT2D eigenvalue weighted by Gasteiger charge is 2.02. The zero-order chi connectivity index (χ0) is 13.0. The Bertz CT molecular complexity index is 545. The molecule has 0 aliphatic heterocycles. The minimum absolute atomic E-state index is 0.243. The number of hydrogen-bond donors (Lipinski definition) is 1. The van der Waals surface area contributed by atoms with Crippen LogP contribution in [0.4, 0.5) is 10.1 Å². The fourth-order valence-electron chi connectivity index (χ4n) is 1.58. The summed E-state index contributed by atoms with van der Waals surface area (Å²) in [5.41, 5.74) is 7.96. The molecule has 0 aliphatic rings. The summed E-state index contributed by atoms with van der Waals surface area (Å²) in [4.78, 5) is 0. The van der Waals surface area contributed by atoms with Crippen LogP contribution in [0.1, 0.15) is 11.1 Å². The van der Waals surface area contributed by atoms with Gasteiger partial charge in [-0.1, -0.05) is 24.3 Å². The van der Waals surface area contributed by atoms with Crippen molar-refractivity contribution in [3.8, 4) is 0 Å². The Morgan fingerprint density at radius 3 is 2.61 bits per heavy atom. The number of anilines is 1. The third kappa shape index (κ3) is 3.31. The number of rotatable bonds is 4. The lowest BCUT2D eigenvalue weighted by Crippen LogP contribution is -1.97. The molecular formula is C14H13BrFNO. The van der Waals surface area contributed by atoms with Crippen LogP contribution in [0.5, 0.6) is 0 Å². The van der Waals surface area contributed by atoms with E-state index in [0.717, 1.165) is 10.0 Å². The SMILES string of the molecule is Nc1cc(COCc2ccccc2F)ccc1Br. The van der Waals surface area contributed by atoms with Crippen LogP contribution >= 0.6 is 15.9 Å². The molecule has 0 fully saturated rings. The monoisotopic (exact) mass is 309 g/mol. The standard InChI is InChI=1S/C14H13BrFNO/c15-12-6-5-10(7-14(12)17)8-18-9-11-3-1-2-4-13(11)16/h1-7H,8-9,17H2. The van der Waals surface area contributed by atoms with Crippen molar-refractivity contribution >= 4 is 21.6 Å². The van der Waals surface area contributed by atoms with E-state index in [2.05, 4.69) is 15.9 Å². The Kier molecular flexibility index (Phi) is 4.33. The fourth-order valence-corrected chi connectivity index (χ4v) is 1.82. The van der Waals surface area contributed by atoms with Gasteiger partial charge in [-0.05, 0) is 39.7 Å². The molecule has 0 unspecified atom stereocenters. The predicted molar refractivity (Wildman–Crippen MR) is 73.4 cm³/mol. The topological polar surface area (TPSA) is 35.2 Å². The second-order valence-corrected chi connectivity index (χ2v) is 4.79. The molecule has 0 saturated carbocycles. The number of nitrogen functional groups attached to an aromatic ring is 1. The lowest BCUT2D eigenvalue weighted by atomic mass is 10.2. The highest BCUT2D eigenvalue weighted by Crippen LogP contribution is 2.20. The molecule has 0 amide bonds. The number of benzene rings is 2. The Morgan fingerprint density at radius 2 is 1.89 bits per heavy atom. The maximum Gasteiger partial charge on any atom is 0.128 e. The highest BCUT2D eigenvalue weighted by atomic mass is 79.9. The molecule has 18 heavy (non-hydrogen) atoms. The smallest absolute Gasteiger partial charge is 0.128 e. The van der Waals surface area contributed by atoms with Crippen LogP contribution in [0.25, 0.3) is 0 Å². The van der Waals surface area contributed by atoms with E-state index in [0.29, 0.717) is 17.9 Å². The fraction of sp³-hybridized carbons (Fsp3) is 0.143. The average molecular weight is 310 g/mol. The van der Waals surface area contributed by atoms with Crippen LogP contribution in [0.2, 0.25) is 0 Å². The van der Waals surface area contributed by atoms with Gasteiger partial charge in [-0.3, -0.25) is 0 Å². The van der Waals surface area contributed by atoms with E-state index >= 15 is 0 Å². The molecule has 0 aliphatic carbocycles. The van der Waals surface area contributed by atoms with E-state index in [9.17, 15) is 4.39 Å². The van der Waals surface area contributed by atoms with Gasteiger partial charge in [-0.25, -0.2) is 4.39 Å². The van der Waals surface area contributed by atoms with Crippen molar-refractivity contribution in [3.05, 3.63) is 63.9 Å². The maximum absolute atomic E-state index is 13.3. The van der Waals surface area contributed by atoms with Crippen molar-refractivity contribution in [2.45, 2.75) is 13.2 Å². The van der Waals surface area contributed by atoms with E-state index < -0.39 is 0 Å². The van der Waals surface area contributed by atoms with E-state index in [1.165, 1.54) is 6.07 Å². The van der Waals surface area contributed by atoms with Gasteiger partial charge in [0, 0.05) is 15.7 Å². The van der Waals surface area contributed by atoms with E-state index in [4.69, 9.17) is 10.5 Å². The number of ether oxygens (including phenoxy) is 1. The van der Waals surface area contributed by atoms with E-state index in [1.54, 1.807) is 18.2 Å². The van der Waals surface area contributed by atoms with Crippen LogP contribution in [0.15, 0.2) is 46.9 Å². The Morgan fingerprint density at radius 1 is 1.11 bits per heavy atom. The summed E-state index contributed by atoms with van der Waals surface area (Å²) in [5, 5.41) is 0. The van der Waals surface area contributed by atoms with Crippen molar-refractivity contribution in [2.75, 3.05) is 5.73 Å². The minimum atomic E-state index is -0.243. The molecule has 0 saturated heterocycles. The van der Waals surface area contributed by atoms with Crippen molar-refractivity contribution in [3.63, 3.8) is 0 Å². The summed E-state index contributed by atoms with van der Waals surface area (Å²) in [6.45, 7) is 0.661. The largest absolute Gasteiger partial charge is 0.398 e. The zero-order valence-electron chi connectivity index (χ0n) is 9.70. The Balaban J connectivity index is 1.92. The zero-order valence-corrected chi connectivity index (χ0v) is 11.3. The van der Waals surface area contributed by atoms with Crippen LogP contribution in [0, 0.1) is 5.82 Å². The van der Waals surface area contributed by atoms with E-state index in [1.807, 2.05) is 18.2 Å². The second-order valence-electron chi connectivity index (χ2n) is 3.94. The summed E-state index contributed by atoms with van der Waals surface area (Å²) >= 11 is 3.33. The summed E-state index contributed by atoms with van der Waals surface area (Å²) in [6.07, 6.45) is 0. The average Bonchev–Trinajstić information content (AvgIpc) is 2.36. The maximum atomic E-state index is 13.3. The first kappa shape index (κ1) is 13.1. The molecule has 0 spiro atoms. The van der Waals surface area contributed by atoms with Gasteiger partial charge < -0.3 is 10.5 Å². The van der Waals surface area contributed by atoms with Gasteiger partial charge in [0.15, 0.2) is 0 Å². The third-order valence-electron chi connectivity index (χ3n) is 2.54. The lowest BCUT2D eigenvalue weighted by Gasteiger charge is -2.07. The molecule has 2 rings (SSSR count). The Labute approximate surface area is 114 Å². The summed E-state index contributed by atoms with van der Waals surface area (Å²) in [5.74, 6) is -0.243. The predicted octanol–water partition coefficient (Wildman–Crippen LogP) is 3.89. The molecule has 2 aromatic carbocycles. The van der Waals surface area contributed by atoms with E-state index in [-0.39, 0.29) is 12.4 Å². The molecular weight excluding hydrogens is 297 g/mol. The number of nitrogens with two attached hydrogens (primary N) is 1. The van der Waals surface area contributed by atoms with Crippen molar-refractivity contribution in [1.82, 2.24) is 0 Å². The molecule has 2 nitrogen and oxygen atoms in total. The molecule has 0 atom stereocenters. The van der Waals surface area contributed by atoms with Gasteiger partial charge >= 0.3 is 0 Å². The van der Waals surface area contributed by atoms with Crippen molar-refractivity contribution in [1.29, 1.82) is 0 Å². The van der Waals surface area contributed by atoms with Crippen molar-refractivity contribution < 1.29 is 9.13 Å². The molecule has 2 aromatic rings. The number of hydrogen-bond acceptors (Lipinski definition) is 2. The van der Waals surface area contributed by atoms with Crippen LogP contribution in [-0.4, -0.2) is 0 Å². The third-order valence-corrected chi connectivity index (χ3v) is 3.27. The summed E-state index contributed by atoms with van der Waals surface area (Å²) < 4.78 is 19.7. The first-order valence-corrected chi connectivity index (χ1v) is 6.31. The van der Waals surface area contributed by atoms with Gasteiger partial charge in [0.05, 0.1) is 13.2 Å². The molecule has 4 heteroatoms. The quantitative estimate of drug-likeness (QED) is 0.870. The van der Waals surface area contributed by atoms with Gasteiger partial charge in [0.25, 0.3) is 0 Å². The van der Waals surface area contributed by atoms with Gasteiger partial charge in [0.1, 0.15) is 5.82 Å².